The number of rotatable bonds is 7. The molecule has 1 fully saturated rings. The molecule has 19 heavy (non-hydrogen) atoms. The topological polar surface area (TPSA) is 38.3 Å². The first-order chi connectivity index (χ1) is 9.22. The van der Waals surface area contributed by atoms with E-state index in [2.05, 4.69) is 5.32 Å². The lowest BCUT2D eigenvalue weighted by Gasteiger charge is -2.16. The minimum Gasteiger partial charge on any atom is -0.385 e. The minimum absolute atomic E-state index is 0.0465. The van der Waals surface area contributed by atoms with Gasteiger partial charge in [0.2, 0.25) is 5.91 Å². The molecule has 0 heterocycles. The molecule has 1 aromatic rings. The predicted octanol–water partition coefficient (Wildman–Crippen LogP) is 2.47. The lowest BCUT2D eigenvalue weighted by Crippen LogP contribution is -2.31. The third-order valence-corrected chi connectivity index (χ3v) is 3.43. The Kier molecular flexibility index (Phi) is 4.91. The van der Waals surface area contributed by atoms with Crippen LogP contribution in [-0.2, 0) is 9.53 Å². The molecule has 1 atom stereocenters. The van der Waals surface area contributed by atoms with Crippen molar-refractivity contribution in [3.8, 4) is 0 Å². The summed E-state index contributed by atoms with van der Waals surface area (Å²) in [6.07, 6.45) is 2.96. The van der Waals surface area contributed by atoms with Crippen molar-refractivity contribution in [2.45, 2.75) is 25.2 Å². The number of nitrogens with one attached hydrogen (secondary N) is 1. The zero-order valence-electron chi connectivity index (χ0n) is 11.2. The van der Waals surface area contributed by atoms with Crippen molar-refractivity contribution in [1.29, 1.82) is 0 Å². The van der Waals surface area contributed by atoms with Crippen molar-refractivity contribution >= 4 is 5.91 Å². The van der Waals surface area contributed by atoms with Crippen molar-refractivity contribution < 1.29 is 13.9 Å². The molecule has 0 radical (unpaired) electrons. The monoisotopic (exact) mass is 265 g/mol. The molecule has 1 N–H and O–H groups in total. The molecule has 1 unspecified atom stereocenters. The van der Waals surface area contributed by atoms with Crippen molar-refractivity contribution in [2.24, 2.45) is 5.92 Å². The second kappa shape index (κ2) is 6.66. The molecular formula is C15H20FNO2. The maximum Gasteiger partial charge on any atom is 0.227 e. The lowest BCUT2D eigenvalue weighted by molar-refractivity contribution is -0.123. The summed E-state index contributed by atoms with van der Waals surface area (Å²) in [5, 5.41) is 2.94. The van der Waals surface area contributed by atoms with E-state index in [9.17, 15) is 9.18 Å². The number of halogens is 1. The van der Waals surface area contributed by atoms with Gasteiger partial charge >= 0.3 is 0 Å². The molecule has 1 aliphatic rings. The van der Waals surface area contributed by atoms with Gasteiger partial charge in [-0.05, 0) is 42.9 Å². The molecule has 1 aromatic carbocycles. The van der Waals surface area contributed by atoms with E-state index < -0.39 is 0 Å². The second-order valence-electron chi connectivity index (χ2n) is 5.00. The Morgan fingerprint density at radius 3 is 2.68 bits per heavy atom. The van der Waals surface area contributed by atoms with Crippen LogP contribution in [-0.4, -0.2) is 26.2 Å². The molecule has 1 saturated carbocycles. The first-order valence-electron chi connectivity index (χ1n) is 6.74. The fourth-order valence-electron chi connectivity index (χ4n) is 2.28. The molecule has 2 rings (SSSR count). The number of benzene rings is 1. The molecule has 0 spiro atoms. The maximum atomic E-state index is 12.9. The molecule has 104 valence electrons. The van der Waals surface area contributed by atoms with Gasteiger partial charge in [0, 0.05) is 20.3 Å². The van der Waals surface area contributed by atoms with Gasteiger partial charge in [0.25, 0.3) is 0 Å². The first kappa shape index (κ1) is 14.0. The molecule has 1 amide bonds. The Balaban J connectivity index is 1.95. The van der Waals surface area contributed by atoms with Crippen LogP contribution in [0.25, 0.3) is 0 Å². The molecule has 0 aromatic heterocycles. The Labute approximate surface area is 113 Å². The van der Waals surface area contributed by atoms with Gasteiger partial charge in [-0.2, -0.15) is 0 Å². The van der Waals surface area contributed by atoms with Gasteiger partial charge in [-0.25, -0.2) is 4.39 Å². The molecule has 0 bridgehead atoms. The molecule has 3 nitrogen and oxygen atoms in total. The number of carbonyl (C=O) groups is 1. The van der Waals surface area contributed by atoms with Gasteiger partial charge in [-0.15, -0.1) is 0 Å². The van der Waals surface area contributed by atoms with Gasteiger partial charge in [-0.3, -0.25) is 4.79 Å². The molecular weight excluding hydrogens is 245 g/mol. The summed E-state index contributed by atoms with van der Waals surface area (Å²) in [4.78, 5) is 12.2. The van der Waals surface area contributed by atoms with Crippen LogP contribution < -0.4 is 5.32 Å². The van der Waals surface area contributed by atoms with E-state index in [1.807, 2.05) is 0 Å². The van der Waals surface area contributed by atoms with Crippen molar-refractivity contribution in [2.75, 3.05) is 20.3 Å². The van der Waals surface area contributed by atoms with Gasteiger partial charge < -0.3 is 10.1 Å². The average molecular weight is 265 g/mol. The van der Waals surface area contributed by atoms with Crippen LogP contribution in [0.2, 0.25) is 0 Å². The van der Waals surface area contributed by atoms with Gasteiger partial charge in [-0.1, -0.05) is 12.1 Å². The largest absolute Gasteiger partial charge is 0.385 e. The Hall–Kier alpha value is -1.42. The fraction of sp³-hybridized carbons (Fsp3) is 0.533. The van der Waals surface area contributed by atoms with E-state index in [0.717, 1.165) is 24.8 Å². The summed E-state index contributed by atoms with van der Waals surface area (Å²) >= 11 is 0. The summed E-state index contributed by atoms with van der Waals surface area (Å²) in [5.41, 5.74) is 0.910. The number of carbonyl (C=O) groups excluding carboxylic acids is 1. The van der Waals surface area contributed by atoms with Crippen LogP contribution in [0.15, 0.2) is 24.3 Å². The molecule has 0 aliphatic heterocycles. The van der Waals surface area contributed by atoms with Gasteiger partial charge in [0.1, 0.15) is 5.82 Å². The Morgan fingerprint density at radius 1 is 1.42 bits per heavy atom. The van der Waals surface area contributed by atoms with E-state index in [1.54, 1.807) is 19.2 Å². The van der Waals surface area contributed by atoms with Crippen LogP contribution in [0.5, 0.6) is 0 Å². The van der Waals surface area contributed by atoms with Crippen LogP contribution in [0.3, 0.4) is 0 Å². The number of methoxy groups -OCH3 is 1. The SMILES string of the molecule is COCCCNC(=O)C(c1ccc(F)cc1)C1CC1. The highest BCUT2D eigenvalue weighted by Gasteiger charge is 2.36. The van der Waals surface area contributed by atoms with E-state index >= 15 is 0 Å². The molecule has 4 heteroatoms. The van der Waals surface area contributed by atoms with Gasteiger partial charge in [0.15, 0.2) is 0 Å². The lowest BCUT2D eigenvalue weighted by atomic mass is 9.93. The van der Waals surface area contributed by atoms with Crippen LogP contribution >= 0.6 is 0 Å². The number of amides is 1. The Morgan fingerprint density at radius 2 is 2.11 bits per heavy atom. The number of ether oxygens (including phenoxy) is 1. The minimum atomic E-state index is -0.265. The second-order valence-corrected chi connectivity index (χ2v) is 5.00. The average Bonchev–Trinajstić information content (AvgIpc) is 3.22. The zero-order valence-corrected chi connectivity index (χ0v) is 11.2. The van der Waals surface area contributed by atoms with E-state index in [4.69, 9.17) is 4.74 Å². The first-order valence-corrected chi connectivity index (χ1v) is 6.74. The highest BCUT2D eigenvalue weighted by atomic mass is 19.1. The van der Waals surface area contributed by atoms with Crippen molar-refractivity contribution in [1.82, 2.24) is 5.32 Å². The third kappa shape index (κ3) is 4.03. The normalized spacial score (nSPS) is 16.1. The predicted molar refractivity (Wildman–Crippen MR) is 71.4 cm³/mol. The van der Waals surface area contributed by atoms with E-state index in [0.29, 0.717) is 19.1 Å². The standard InChI is InChI=1S/C15H20FNO2/c1-19-10-2-9-17-15(18)14(11-3-4-11)12-5-7-13(16)8-6-12/h5-8,11,14H,2-4,9-10H2,1H3,(H,17,18). The highest BCUT2D eigenvalue weighted by Crippen LogP contribution is 2.42. The quantitative estimate of drug-likeness (QED) is 0.769. The zero-order chi connectivity index (χ0) is 13.7. The fourth-order valence-corrected chi connectivity index (χ4v) is 2.28. The summed E-state index contributed by atoms with van der Waals surface area (Å²) in [6.45, 7) is 1.27. The summed E-state index contributed by atoms with van der Waals surface area (Å²) in [6, 6.07) is 6.27. The van der Waals surface area contributed by atoms with Crippen LogP contribution in [0.4, 0.5) is 4.39 Å². The highest BCUT2D eigenvalue weighted by molar-refractivity contribution is 5.84. The molecule has 1 aliphatic carbocycles. The molecule has 0 saturated heterocycles. The van der Waals surface area contributed by atoms with Crippen molar-refractivity contribution in [3.05, 3.63) is 35.6 Å². The summed E-state index contributed by atoms with van der Waals surface area (Å²) < 4.78 is 17.9. The smallest absolute Gasteiger partial charge is 0.227 e. The van der Waals surface area contributed by atoms with Crippen LogP contribution in [0.1, 0.15) is 30.7 Å². The van der Waals surface area contributed by atoms with E-state index in [1.165, 1.54) is 12.1 Å². The van der Waals surface area contributed by atoms with Gasteiger partial charge in [0.05, 0.1) is 5.92 Å². The van der Waals surface area contributed by atoms with Crippen molar-refractivity contribution in [3.63, 3.8) is 0 Å². The summed E-state index contributed by atoms with van der Waals surface area (Å²) in [5.74, 6) is 0.0556. The number of hydrogen-bond donors (Lipinski definition) is 1. The summed E-state index contributed by atoms with van der Waals surface area (Å²) in [7, 11) is 1.65. The number of hydrogen-bond acceptors (Lipinski definition) is 2. The van der Waals surface area contributed by atoms with E-state index in [-0.39, 0.29) is 17.6 Å². The Bertz CT molecular complexity index is 415. The maximum absolute atomic E-state index is 12.9. The third-order valence-electron chi connectivity index (χ3n) is 3.43. The van der Waals surface area contributed by atoms with Crippen LogP contribution in [0, 0.1) is 11.7 Å².